The third-order valence-corrected chi connectivity index (χ3v) is 0.943. The summed E-state index contributed by atoms with van der Waals surface area (Å²) in [6.07, 6.45) is 3.68. The van der Waals surface area contributed by atoms with Gasteiger partial charge in [-0.2, -0.15) is 5.26 Å². The summed E-state index contributed by atoms with van der Waals surface area (Å²) >= 11 is 0. The molecular weight excluding hydrogens is 156 g/mol. The van der Waals surface area contributed by atoms with E-state index in [0.29, 0.717) is 13.2 Å². The molecule has 0 aliphatic heterocycles. The molecule has 0 heterocycles. The molecule has 1 N–H and O–H groups in total. The van der Waals surface area contributed by atoms with Crippen molar-refractivity contribution in [2.75, 3.05) is 13.2 Å². The molecular formula is C8H10N2O2. The van der Waals surface area contributed by atoms with E-state index in [1.54, 1.807) is 6.07 Å². The highest BCUT2D eigenvalue weighted by atomic mass is 16.5. The molecule has 64 valence electrons. The fourth-order valence-corrected chi connectivity index (χ4v) is 0.452. The average molecular weight is 166 g/mol. The Hall–Kier alpha value is -1.76. The van der Waals surface area contributed by atoms with Crippen LogP contribution < -0.4 is 5.32 Å². The van der Waals surface area contributed by atoms with E-state index in [-0.39, 0.29) is 5.91 Å². The molecule has 4 nitrogen and oxygen atoms in total. The summed E-state index contributed by atoms with van der Waals surface area (Å²) in [5, 5.41) is 10.6. The van der Waals surface area contributed by atoms with Crippen LogP contribution in [0.5, 0.6) is 0 Å². The fourth-order valence-electron chi connectivity index (χ4n) is 0.452. The van der Waals surface area contributed by atoms with E-state index in [4.69, 9.17) is 10.00 Å². The highest BCUT2D eigenvalue weighted by Gasteiger charge is 1.90. The van der Waals surface area contributed by atoms with Crippen molar-refractivity contribution < 1.29 is 9.53 Å². The van der Waals surface area contributed by atoms with Crippen LogP contribution in [0.15, 0.2) is 25.0 Å². The van der Waals surface area contributed by atoms with E-state index >= 15 is 0 Å². The second-order valence-corrected chi connectivity index (χ2v) is 1.80. The number of rotatable bonds is 5. The Morgan fingerprint density at radius 2 is 2.50 bits per heavy atom. The summed E-state index contributed by atoms with van der Waals surface area (Å²) in [5.74, 6) is -0.233. The number of hydrogen-bond donors (Lipinski definition) is 1. The van der Waals surface area contributed by atoms with Crippen molar-refractivity contribution in [2.24, 2.45) is 0 Å². The number of hydrogen-bond acceptors (Lipinski definition) is 3. The SMILES string of the molecule is C=CC(=O)NCCO/C=C/C#N. The lowest BCUT2D eigenvalue weighted by molar-refractivity contribution is -0.116. The first-order valence-corrected chi connectivity index (χ1v) is 3.37. The molecule has 0 saturated carbocycles. The number of nitriles is 1. The van der Waals surface area contributed by atoms with Crippen LogP contribution in [0.4, 0.5) is 0 Å². The number of nitrogens with one attached hydrogen (secondary N) is 1. The molecule has 0 bridgehead atoms. The maximum Gasteiger partial charge on any atom is 0.243 e. The molecule has 0 aliphatic carbocycles. The van der Waals surface area contributed by atoms with Crippen molar-refractivity contribution in [1.82, 2.24) is 5.32 Å². The van der Waals surface area contributed by atoms with Gasteiger partial charge < -0.3 is 10.1 Å². The molecule has 0 rings (SSSR count). The third kappa shape index (κ3) is 6.36. The molecule has 0 aliphatic rings. The first-order chi connectivity index (χ1) is 5.81. The van der Waals surface area contributed by atoms with Crippen LogP contribution in [0.25, 0.3) is 0 Å². The second kappa shape index (κ2) is 7.35. The molecule has 0 spiro atoms. The Kier molecular flexibility index (Phi) is 6.27. The smallest absolute Gasteiger partial charge is 0.243 e. The second-order valence-electron chi connectivity index (χ2n) is 1.80. The number of carbonyl (C=O) groups excluding carboxylic acids is 1. The van der Waals surface area contributed by atoms with Gasteiger partial charge in [0, 0.05) is 0 Å². The number of allylic oxidation sites excluding steroid dienone is 1. The van der Waals surface area contributed by atoms with Crippen molar-refractivity contribution >= 4 is 5.91 Å². The van der Waals surface area contributed by atoms with Crippen LogP contribution in [0, 0.1) is 11.3 Å². The van der Waals surface area contributed by atoms with Gasteiger partial charge in [-0.3, -0.25) is 4.79 Å². The Morgan fingerprint density at radius 3 is 3.08 bits per heavy atom. The van der Waals surface area contributed by atoms with Gasteiger partial charge in [0.05, 0.1) is 25.0 Å². The van der Waals surface area contributed by atoms with Crippen LogP contribution in [0.3, 0.4) is 0 Å². The average Bonchev–Trinajstić information content (AvgIpc) is 2.10. The number of amides is 1. The van der Waals surface area contributed by atoms with E-state index < -0.39 is 0 Å². The van der Waals surface area contributed by atoms with Crippen molar-refractivity contribution in [1.29, 1.82) is 5.26 Å². The standard InChI is InChI=1S/C8H10N2O2/c1-2-8(11)10-5-7-12-6-3-4-9/h2-3,6H,1,5,7H2,(H,10,11)/b6-3+. The molecule has 0 saturated heterocycles. The Balaban J connectivity index is 3.23. The summed E-state index contributed by atoms with van der Waals surface area (Å²) in [6.45, 7) is 4.03. The maximum atomic E-state index is 10.5. The van der Waals surface area contributed by atoms with Crippen LogP contribution in [0.1, 0.15) is 0 Å². The minimum Gasteiger partial charge on any atom is -0.499 e. The lowest BCUT2D eigenvalue weighted by Crippen LogP contribution is -2.24. The zero-order chi connectivity index (χ0) is 9.23. The van der Waals surface area contributed by atoms with Crippen molar-refractivity contribution in [3.05, 3.63) is 25.0 Å². The van der Waals surface area contributed by atoms with E-state index in [2.05, 4.69) is 11.9 Å². The van der Waals surface area contributed by atoms with Gasteiger partial charge in [-0.25, -0.2) is 0 Å². The quantitative estimate of drug-likeness (QED) is 0.277. The molecule has 12 heavy (non-hydrogen) atoms. The summed E-state index contributed by atoms with van der Waals surface area (Å²) in [5.41, 5.74) is 0. The topological polar surface area (TPSA) is 62.1 Å². The van der Waals surface area contributed by atoms with Gasteiger partial charge in [-0.05, 0) is 6.08 Å². The number of ether oxygens (including phenoxy) is 1. The molecule has 0 aromatic rings. The van der Waals surface area contributed by atoms with E-state index in [1.165, 1.54) is 18.4 Å². The number of carbonyl (C=O) groups is 1. The van der Waals surface area contributed by atoms with Gasteiger partial charge in [0.2, 0.25) is 5.91 Å². The Bertz CT molecular complexity index is 216. The Labute approximate surface area is 71.1 Å². The lowest BCUT2D eigenvalue weighted by atomic mass is 10.5. The Morgan fingerprint density at radius 1 is 1.75 bits per heavy atom. The first kappa shape index (κ1) is 10.2. The predicted molar refractivity (Wildman–Crippen MR) is 43.9 cm³/mol. The number of nitrogens with zero attached hydrogens (tertiary/aromatic N) is 1. The monoisotopic (exact) mass is 166 g/mol. The molecule has 0 aromatic heterocycles. The van der Waals surface area contributed by atoms with Crippen LogP contribution in [0.2, 0.25) is 0 Å². The molecule has 1 amide bonds. The van der Waals surface area contributed by atoms with Crippen molar-refractivity contribution in [3.8, 4) is 6.07 Å². The highest BCUT2D eigenvalue weighted by Crippen LogP contribution is 1.75. The fraction of sp³-hybridized carbons (Fsp3) is 0.250. The summed E-state index contributed by atoms with van der Waals surface area (Å²) in [7, 11) is 0. The normalized spacial score (nSPS) is 8.92. The van der Waals surface area contributed by atoms with Gasteiger partial charge >= 0.3 is 0 Å². The zero-order valence-electron chi connectivity index (χ0n) is 6.62. The molecule has 0 unspecified atom stereocenters. The summed E-state index contributed by atoms with van der Waals surface area (Å²) in [4.78, 5) is 10.5. The van der Waals surface area contributed by atoms with Gasteiger partial charge in [0.25, 0.3) is 0 Å². The molecule has 0 aromatic carbocycles. The molecule has 0 radical (unpaired) electrons. The zero-order valence-corrected chi connectivity index (χ0v) is 6.62. The summed E-state index contributed by atoms with van der Waals surface area (Å²) < 4.78 is 4.82. The van der Waals surface area contributed by atoms with Gasteiger partial charge in [0.15, 0.2) is 0 Å². The van der Waals surface area contributed by atoms with E-state index in [0.717, 1.165) is 0 Å². The van der Waals surface area contributed by atoms with Crippen LogP contribution in [-0.4, -0.2) is 19.1 Å². The van der Waals surface area contributed by atoms with E-state index in [1.807, 2.05) is 0 Å². The van der Waals surface area contributed by atoms with Gasteiger partial charge in [-0.15, -0.1) is 0 Å². The lowest BCUT2D eigenvalue weighted by Gasteiger charge is -2.00. The molecule has 0 fully saturated rings. The van der Waals surface area contributed by atoms with Crippen LogP contribution >= 0.6 is 0 Å². The van der Waals surface area contributed by atoms with E-state index in [9.17, 15) is 4.79 Å². The predicted octanol–water partition coefficient (Wildman–Crippen LogP) is 0.342. The maximum absolute atomic E-state index is 10.5. The highest BCUT2D eigenvalue weighted by molar-refractivity contribution is 5.86. The van der Waals surface area contributed by atoms with Gasteiger partial charge in [-0.1, -0.05) is 6.58 Å². The minimum absolute atomic E-state index is 0.233. The van der Waals surface area contributed by atoms with Crippen LogP contribution in [-0.2, 0) is 9.53 Å². The van der Waals surface area contributed by atoms with Gasteiger partial charge in [0.1, 0.15) is 6.61 Å². The van der Waals surface area contributed by atoms with Crippen molar-refractivity contribution in [2.45, 2.75) is 0 Å². The molecule has 0 atom stereocenters. The summed E-state index contributed by atoms with van der Waals surface area (Å²) in [6, 6.07) is 1.77. The largest absolute Gasteiger partial charge is 0.499 e. The third-order valence-electron chi connectivity index (χ3n) is 0.943. The van der Waals surface area contributed by atoms with Crippen molar-refractivity contribution in [3.63, 3.8) is 0 Å². The first-order valence-electron chi connectivity index (χ1n) is 3.37. The molecule has 4 heteroatoms. The minimum atomic E-state index is -0.233.